The third-order valence-corrected chi connectivity index (χ3v) is 5.24. The topological polar surface area (TPSA) is 12.0 Å². The molecule has 1 unspecified atom stereocenters. The summed E-state index contributed by atoms with van der Waals surface area (Å²) in [4.78, 5) is 0. The minimum absolute atomic E-state index is 0.322. The zero-order valence-electron chi connectivity index (χ0n) is 12.4. The lowest BCUT2D eigenvalue weighted by Crippen LogP contribution is -2.33. The van der Waals surface area contributed by atoms with Crippen molar-refractivity contribution in [2.75, 3.05) is 6.54 Å². The summed E-state index contributed by atoms with van der Waals surface area (Å²) in [7, 11) is 0. The van der Waals surface area contributed by atoms with Crippen LogP contribution >= 0.6 is 11.3 Å². The molecule has 1 aliphatic rings. The van der Waals surface area contributed by atoms with Gasteiger partial charge in [-0.2, -0.15) is 11.3 Å². The molecule has 1 atom stereocenters. The molecule has 0 amide bonds. The van der Waals surface area contributed by atoms with E-state index in [9.17, 15) is 0 Å². The lowest BCUT2D eigenvalue weighted by molar-refractivity contribution is 0.359. The van der Waals surface area contributed by atoms with Crippen molar-refractivity contribution in [1.82, 2.24) is 5.32 Å². The quantitative estimate of drug-likeness (QED) is 0.859. The summed E-state index contributed by atoms with van der Waals surface area (Å²) in [5.41, 5.74) is 4.81. The van der Waals surface area contributed by atoms with E-state index >= 15 is 0 Å². The fourth-order valence-electron chi connectivity index (χ4n) is 3.25. The first-order chi connectivity index (χ1) is 9.67. The summed E-state index contributed by atoms with van der Waals surface area (Å²) < 4.78 is 0. The maximum absolute atomic E-state index is 3.76. The third-order valence-electron chi connectivity index (χ3n) is 4.51. The highest BCUT2D eigenvalue weighted by atomic mass is 32.1. The molecule has 1 heterocycles. The van der Waals surface area contributed by atoms with E-state index in [1.54, 1.807) is 11.3 Å². The summed E-state index contributed by atoms with van der Waals surface area (Å²) in [6.07, 6.45) is 3.64. The maximum atomic E-state index is 3.76. The number of hydrogen-bond donors (Lipinski definition) is 1. The number of benzene rings is 1. The van der Waals surface area contributed by atoms with E-state index in [0.717, 1.165) is 13.0 Å². The van der Waals surface area contributed by atoms with Gasteiger partial charge >= 0.3 is 0 Å². The normalized spacial score (nSPS) is 20.6. The molecule has 2 heteroatoms. The van der Waals surface area contributed by atoms with Gasteiger partial charge in [-0.3, -0.25) is 0 Å². The Bertz CT molecular complexity index is 557. The minimum atomic E-state index is 0.322. The monoisotopic (exact) mass is 285 g/mol. The van der Waals surface area contributed by atoms with E-state index in [2.05, 4.69) is 60.3 Å². The van der Waals surface area contributed by atoms with Crippen LogP contribution in [-0.4, -0.2) is 6.54 Å². The van der Waals surface area contributed by atoms with Gasteiger partial charge in [-0.1, -0.05) is 38.1 Å². The molecule has 0 saturated heterocycles. The summed E-state index contributed by atoms with van der Waals surface area (Å²) in [6.45, 7) is 5.80. The van der Waals surface area contributed by atoms with Crippen LogP contribution in [0, 0.1) is 0 Å². The van der Waals surface area contributed by atoms with Gasteiger partial charge in [0.1, 0.15) is 0 Å². The second-order valence-corrected chi connectivity index (χ2v) is 7.18. The second kappa shape index (κ2) is 5.71. The number of rotatable bonds is 4. The Morgan fingerprint density at radius 2 is 2.10 bits per heavy atom. The van der Waals surface area contributed by atoms with Crippen LogP contribution in [0.3, 0.4) is 0 Å². The minimum Gasteiger partial charge on any atom is -0.310 e. The van der Waals surface area contributed by atoms with Crippen molar-refractivity contribution in [3.8, 4) is 0 Å². The highest BCUT2D eigenvalue weighted by molar-refractivity contribution is 7.07. The number of fused-ring (bicyclic) bond motifs is 1. The van der Waals surface area contributed by atoms with E-state index in [0.29, 0.717) is 11.5 Å². The largest absolute Gasteiger partial charge is 0.310 e. The average Bonchev–Trinajstić information content (AvgIpc) is 2.95. The van der Waals surface area contributed by atoms with Crippen molar-refractivity contribution in [1.29, 1.82) is 0 Å². The molecule has 2 aromatic rings. The molecule has 3 rings (SSSR count). The van der Waals surface area contributed by atoms with Crippen LogP contribution in [0.5, 0.6) is 0 Å². The Kier molecular flexibility index (Phi) is 3.95. The zero-order valence-corrected chi connectivity index (χ0v) is 13.2. The Morgan fingerprint density at radius 1 is 1.25 bits per heavy atom. The molecule has 0 bridgehead atoms. The van der Waals surface area contributed by atoms with Crippen LogP contribution in [0.4, 0.5) is 0 Å². The fraction of sp³-hybridized carbons (Fsp3) is 0.444. The Morgan fingerprint density at radius 3 is 2.90 bits per heavy atom. The van der Waals surface area contributed by atoms with Crippen molar-refractivity contribution in [3.05, 3.63) is 57.8 Å². The number of nitrogens with one attached hydrogen (secondary N) is 1. The van der Waals surface area contributed by atoms with Gasteiger partial charge in [0.2, 0.25) is 0 Å². The van der Waals surface area contributed by atoms with Gasteiger partial charge in [0.05, 0.1) is 0 Å². The molecule has 20 heavy (non-hydrogen) atoms. The van der Waals surface area contributed by atoms with Crippen molar-refractivity contribution in [3.63, 3.8) is 0 Å². The van der Waals surface area contributed by atoms with Gasteiger partial charge in [0.25, 0.3) is 0 Å². The van der Waals surface area contributed by atoms with Crippen LogP contribution in [0.15, 0.2) is 41.1 Å². The third kappa shape index (κ3) is 2.82. The Balaban J connectivity index is 1.69. The molecule has 0 radical (unpaired) electrons. The van der Waals surface area contributed by atoms with E-state index in [1.165, 1.54) is 29.5 Å². The molecule has 0 fully saturated rings. The summed E-state index contributed by atoms with van der Waals surface area (Å²) in [5.74, 6) is 0. The van der Waals surface area contributed by atoms with Crippen LogP contribution in [0.25, 0.3) is 0 Å². The maximum Gasteiger partial charge on any atom is 0.0323 e. The molecule has 1 aromatic carbocycles. The van der Waals surface area contributed by atoms with Gasteiger partial charge in [-0.15, -0.1) is 0 Å². The smallest absolute Gasteiger partial charge is 0.0323 e. The van der Waals surface area contributed by atoms with Crippen LogP contribution < -0.4 is 5.32 Å². The first kappa shape index (κ1) is 13.8. The van der Waals surface area contributed by atoms with E-state index in [-0.39, 0.29) is 0 Å². The van der Waals surface area contributed by atoms with Crippen molar-refractivity contribution in [2.45, 2.75) is 44.6 Å². The molecule has 0 spiro atoms. The second-order valence-electron chi connectivity index (χ2n) is 6.40. The average molecular weight is 285 g/mol. The number of thiophene rings is 1. The molecule has 1 aromatic heterocycles. The van der Waals surface area contributed by atoms with Crippen LogP contribution in [0.1, 0.15) is 49.4 Å². The van der Waals surface area contributed by atoms with Crippen LogP contribution in [0.2, 0.25) is 0 Å². The van der Waals surface area contributed by atoms with Crippen molar-refractivity contribution >= 4 is 11.3 Å². The lowest BCUT2D eigenvalue weighted by atomic mass is 9.71. The first-order valence-electron chi connectivity index (χ1n) is 7.51. The molecule has 1 aliphatic carbocycles. The summed E-state index contributed by atoms with van der Waals surface area (Å²) in [6, 6.07) is 11.7. The van der Waals surface area contributed by atoms with E-state index < -0.39 is 0 Å². The molecule has 1 nitrogen and oxygen atoms in total. The fourth-order valence-corrected chi connectivity index (χ4v) is 3.95. The van der Waals surface area contributed by atoms with Gasteiger partial charge in [-0.05, 0) is 64.7 Å². The van der Waals surface area contributed by atoms with Gasteiger partial charge in [0, 0.05) is 6.04 Å². The van der Waals surface area contributed by atoms with Crippen LogP contribution in [-0.2, 0) is 11.8 Å². The standard InChI is InChI=1S/C18H23NS/c1-18(2)10-7-17(15-5-3-4-6-16(15)18)19-11-8-14-9-12-20-13-14/h3-6,9,12-13,17,19H,7-8,10-11H2,1-2H3. The Labute approximate surface area is 126 Å². The van der Waals surface area contributed by atoms with Crippen molar-refractivity contribution in [2.24, 2.45) is 0 Å². The van der Waals surface area contributed by atoms with Gasteiger partial charge in [-0.25, -0.2) is 0 Å². The molecule has 106 valence electrons. The van der Waals surface area contributed by atoms with Crippen molar-refractivity contribution < 1.29 is 0 Å². The molecular weight excluding hydrogens is 262 g/mol. The lowest BCUT2D eigenvalue weighted by Gasteiger charge is -2.37. The van der Waals surface area contributed by atoms with Gasteiger partial charge in [0.15, 0.2) is 0 Å². The molecule has 0 aliphatic heterocycles. The van der Waals surface area contributed by atoms with E-state index in [1.807, 2.05) is 0 Å². The first-order valence-corrected chi connectivity index (χ1v) is 8.45. The highest BCUT2D eigenvalue weighted by Crippen LogP contribution is 2.41. The molecule has 1 N–H and O–H groups in total. The number of hydrogen-bond acceptors (Lipinski definition) is 2. The SMILES string of the molecule is CC1(C)CCC(NCCc2ccsc2)c2ccccc21. The molecular formula is C18H23NS. The zero-order chi connectivity index (χ0) is 14.0. The highest BCUT2D eigenvalue weighted by Gasteiger charge is 2.31. The Hall–Kier alpha value is -1.12. The predicted octanol–water partition coefficient (Wildman–Crippen LogP) is 4.69. The molecule has 0 saturated carbocycles. The summed E-state index contributed by atoms with van der Waals surface area (Å²) >= 11 is 1.79. The predicted molar refractivity (Wildman–Crippen MR) is 87.5 cm³/mol. The van der Waals surface area contributed by atoms with Gasteiger partial charge < -0.3 is 5.32 Å². The summed E-state index contributed by atoms with van der Waals surface area (Å²) in [5, 5.41) is 8.17. The van der Waals surface area contributed by atoms with E-state index in [4.69, 9.17) is 0 Å².